The molecule has 6 heteroatoms. The minimum atomic E-state index is -3.19. The van der Waals surface area contributed by atoms with E-state index in [9.17, 15) is 12.8 Å². The molecule has 0 radical (unpaired) electrons. The van der Waals surface area contributed by atoms with E-state index in [1.807, 2.05) is 30.3 Å². The first kappa shape index (κ1) is 23.1. The molecule has 178 valence electrons. The summed E-state index contributed by atoms with van der Waals surface area (Å²) in [4.78, 5) is 0. The van der Waals surface area contributed by atoms with Crippen molar-refractivity contribution in [2.45, 2.75) is 51.8 Å². The molecule has 34 heavy (non-hydrogen) atoms. The Labute approximate surface area is 200 Å². The smallest absolute Gasteiger partial charge is 0.214 e. The van der Waals surface area contributed by atoms with Gasteiger partial charge >= 0.3 is 0 Å². The number of sulfonamides is 1. The molecule has 5 rings (SSSR count). The number of nitrogens with zero attached hydrogens (tertiary/aromatic N) is 1. The number of rotatable bonds is 7. The molecule has 1 aliphatic carbocycles. The summed E-state index contributed by atoms with van der Waals surface area (Å²) < 4.78 is 43.8. The first-order chi connectivity index (χ1) is 16.1. The highest BCUT2D eigenvalue weighted by atomic mass is 32.2. The normalized spacial score (nSPS) is 14.8. The zero-order chi connectivity index (χ0) is 24.1. The molecule has 1 aromatic heterocycles. The van der Waals surface area contributed by atoms with E-state index in [0.717, 1.165) is 46.7 Å². The first-order valence-electron chi connectivity index (χ1n) is 11.9. The molecule has 0 spiro atoms. The van der Waals surface area contributed by atoms with Gasteiger partial charge in [-0.05, 0) is 65.0 Å². The Hall–Kier alpha value is -2.70. The van der Waals surface area contributed by atoms with E-state index < -0.39 is 10.0 Å². The molecule has 4 nitrogen and oxygen atoms in total. The van der Waals surface area contributed by atoms with Crippen molar-refractivity contribution in [2.75, 3.05) is 6.54 Å². The van der Waals surface area contributed by atoms with Gasteiger partial charge in [0.1, 0.15) is 5.82 Å². The monoisotopic (exact) mass is 478 g/mol. The Morgan fingerprint density at radius 3 is 2.44 bits per heavy atom. The SMILES string of the molecule is CC(C)(C)Cc1cn(CCNS(=O)(=O)C2CC2)c2ccc(-c3ccc(F)c4ccccc34)cc12. The van der Waals surface area contributed by atoms with E-state index in [1.165, 1.54) is 11.6 Å². The Morgan fingerprint density at radius 2 is 1.74 bits per heavy atom. The zero-order valence-electron chi connectivity index (χ0n) is 19.9. The minimum absolute atomic E-state index is 0.102. The quantitative estimate of drug-likeness (QED) is 0.340. The van der Waals surface area contributed by atoms with Crippen molar-refractivity contribution in [1.29, 1.82) is 0 Å². The molecule has 0 aliphatic heterocycles. The lowest BCUT2D eigenvalue weighted by Crippen LogP contribution is -2.30. The molecule has 0 amide bonds. The van der Waals surface area contributed by atoms with Gasteiger partial charge in [0.25, 0.3) is 0 Å². The third kappa shape index (κ3) is 4.62. The molecule has 0 atom stereocenters. The van der Waals surface area contributed by atoms with Gasteiger partial charge in [0.15, 0.2) is 0 Å². The second-order valence-electron chi connectivity index (χ2n) is 10.6. The van der Waals surface area contributed by atoms with Crippen molar-refractivity contribution in [3.8, 4) is 11.1 Å². The topological polar surface area (TPSA) is 51.1 Å². The maximum atomic E-state index is 14.4. The van der Waals surface area contributed by atoms with Crippen LogP contribution in [0.2, 0.25) is 0 Å². The molecular formula is C28H31FN2O2S. The summed E-state index contributed by atoms with van der Waals surface area (Å²) in [6, 6.07) is 17.3. The number of halogens is 1. The van der Waals surface area contributed by atoms with E-state index in [4.69, 9.17) is 0 Å². The van der Waals surface area contributed by atoms with Gasteiger partial charge in [0.2, 0.25) is 10.0 Å². The Kier molecular flexibility index (Phi) is 5.77. The highest BCUT2D eigenvalue weighted by Crippen LogP contribution is 2.35. The third-order valence-electron chi connectivity index (χ3n) is 6.49. The molecule has 3 aromatic carbocycles. The number of nitrogens with one attached hydrogen (secondary N) is 1. The van der Waals surface area contributed by atoms with E-state index in [2.05, 4.69) is 54.5 Å². The van der Waals surface area contributed by atoms with E-state index >= 15 is 0 Å². The predicted molar refractivity (Wildman–Crippen MR) is 138 cm³/mol. The summed E-state index contributed by atoms with van der Waals surface area (Å²) in [6.07, 6.45) is 4.59. The van der Waals surface area contributed by atoms with Crippen molar-refractivity contribution < 1.29 is 12.8 Å². The second kappa shape index (κ2) is 8.51. The highest BCUT2D eigenvalue weighted by Gasteiger charge is 2.35. The predicted octanol–water partition coefficient (Wildman–Crippen LogP) is 6.27. The van der Waals surface area contributed by atoms with E-state index in [1.54, 1.807) is 0 Å². The van der Waals surface area contributed by atoms with Crippen LogP contribution < -0.4 is 4.72 Å². The second-order valence-corrected chi connectivity index (χ2v) is 12.6. The van der Waals surface area contributed by atoms with Gasteiger partial charge in [-0.3, -0.25) is 0 Å². The maximum Gasteiger partial charge on any atom is 0.214 e. The van der Waals surface area contributed by atoms with Crippen LogP contribution in [0.25, 0.3) is 32.8 Å². The zero-order valence-corrected chi connectivity index (χ0v) is 20.8. The molecule has 1 fully saturated rings. The number of hydrogen-bond acceptors (Lipinski definition) is 2. The number of fused-ring (bicyclic) bond motifs is 2. The fraction of sp³-hybridized carbons (Fsp3) is 0.357. The van der Waals surface area contributed by atoms with Crippen molar-refractivity contribution in [3.63, 3.8) is 0 Å². The molecule has 1 N–H and O–H groups in total. The number of aromatic nitrogens is 1. The summed E-state index contributed by atoms with van der Waals surface area (Å²) in [7, 11) is -3.19. The van der Waals surface area contributed by atoms with Crippen LogP contribution in [-0.2, 0) is 23.0 Å². The van der Waals surface area contributed by atoms with E-state index in [0.29, 0.717) is 18.5 Å². The summed E-state index contributed by atoms with van der Waals surface area (Å²) in [5.41, 5.74) is 4.48. The molecule has 1 heterocycles. The highest BCUT2D eigenvalue weighted by molar-refractivity contribution is 7.90. The van der Waals surface area contributed by atoms with Gasteiger partial charge in [-0.15, -0.1) is 0 Å². The lowest BCUT2D eigenvalue weighted by Gasteiger charge is -2.17. The molecule has 0 bridgehead atoms. The molecule has 1 aliphatic rings. The lowest BCUT2D eigenvalue weighted by molar-refractivity contribution is 0.412. The van der Waals surface area contributed by atoms with Crippen LogP contribution in [0.5, 0.6) is 0 Å². The Bertz CT molecular complexity index is 1480. The van der Waals surface area contributed by atoms with Gasteiger partial charge in [-0.2, -0.15) is 0 Å². The molecule has 0 saturated heterocycles. The average molecular weight is 479 g/mol. The standard InChI is InChI=1S/C28H31FN2O2S/c1-28(2,3)17-20-18-31(15-14-30-34(32,33)21-9-10-21)27-13-8-19(16-25(20)27)22-11-12-26(29)24-7-5-4-6-23(22)24/h4-8,11-13,16,18,21,30H,9-10,14-15,17H2,1-3H3. The van der Waals surface area contributed by atoms with Crippen LogP contribution in [0, 0.1) is 11.2 Å². The van der Waals surface area contributed by atoms with Crippen molar-refractivity contribution in [2.24, 2.45) is 5.41 Å². The fourth-order valence-electron chi connectivity index (χ4n) is 4.75. The van der Waals surface area contributed by atoms with Crippen molar-refractivity contribution in [3.05, 3.63) is 72.2 Å². The number of benzene rings is 3. The fourth-order valence-corrected chi connectivity index (χ4v) is 6.12. The summed E-state index contributed by atoms with van der Waals surface area (Å²) >= 11 is 0. The lowest BCUT2D eigenvalue weighted by atomic mass is 9.87. The average Bonchev–Trinajstić information content (AvgIpc) is 3.59. The summed E-state index contributed by atoms with van der Waals surface area (Å²) in [6.45, 7) is 7.61. The van der Waals surface area contributed by atoms with Gasteiger partial charge < -0.3 is 4.57 Å². The number of hydrogen-bond donors (Lipinski definition) is 1. The molecule has 0 unspecified atom stereocenters. The van der Waals surface area contributed by atoms with Crippen LogP contribution in [0.15, 0.2) is 60.8 Å². The first-order valence-corrected chi connectivity index (χ1v) is 13.4. The minimum Gasteiger partial charge on any atom is -0.346 e. The van der Waals surface area contributed by atoms with Gasteiger partial charge in [0, 0.05) is 35.6 Å². The maximum absolute atomic E-state index is 14.4. The van der Waals surface area contributed by atoms with Crippen LogP contribution >= 0.6 is 0 Å². The summed E-state index contributed by atoms with van der Waals surface area (Å²) in [5, 5.41) is 2.47. The van der Waals surface area contributed by atoms with Crippen LogP contribution in [0.4, 0.5) is 4.39 Å². The van der Waals surface area contributed by atoms with Crippen molar-refractivity contribution >= 4 is 31.7 Å². The van der Waals surface area contributed by atoms with Crippen molar-refractivity contribution in [1.82, 2.24) is 9.29 Å². The Balaban J connectivity index is 1.54. The third-order valence-corrected chi connectivity index (χ3v) is 8.44. The largest absolute Gasteiger partial charge is 0.346 e. The molecular weight excluding hydrogens is 447 g/mol. The van der Waals surface area contributed by atoms with Crippen LogP contribution in [0.1, 0.15) is 39.2 Å². The summed E-state index contributed by atoms with van der Waals surface area (Å²) in [5.74, 6) is -0.214. The van der Waals surface area contributed by atoms with Gasteiger partial charge in [-0.25, -0.2) is 17.5 Å². The molecule has 4 aromatic rings. The Morgan fingerprint density at radius 1 is 1.00 bits per heavy atom. The van der Waals surface area contributed by atoms with Gasteiger partial charge in [0.05, 0.1) is 5.25 Å². The van der Waals surface area contributed by atoms with Crippen LogP contribution in [0.3, 0.4) is 0 Å². The van der Waals surface area contributed by atoms with E-state index in [-0.39, 0.29) is 16.5 Å². The van der Waals surface area contributed by atoms with Crippen LogP contribution in [-0.4, -0.2) is 24.8 Å². The molecule has 1 saturated carbocycles. The van der Waals surface area contributed by atoms with Gasteiger partial charge in [-0.1, -0.05) is 57.2 Å².